The van der Waals surface area contributed by atoms with Gasteiger partial charge in [0, 0.05) is 6.42 Å². The number of carboxylic acids is 2. The van der Waals surface area contributed by atoms with Gasteiger partial charge in [0.1, 0.15) is 18.1 Å². The van der Waals surface area contributed by atoms with Gasteiger partial charge in [-0.05, 0) is 32.7 Å². The minimum atomic E-state index is -1.46. The third-order valence-corrected chi connectivity index (χ3v) is 4.43. The summed E-state index contributed by atoms with van der Waals surface area (Å²) in [5.41, 5.74) is 5.13. The predicted molar refractivity (Wildman–Crippen MR) is 101 cm³/mol. The average Bonchev–Trinajstić information content (AvgIpc) is 3.18. The first-order valence-corrected chi connectivity index (χ1v) is 9.38. The molecule has 0 aliphatic carbocycles. The minimum absolute atomic E-state index is 0.341. The number of nitrogens with two attached hydrogens (primary N) is 1. The van der Waals surface area contributed by atoms with Crippen LogP contribution in [0.15, 0.2) is 0 Å². The molecule has 1 aliphatic rings. The maximum Gasteiger partial charge on any atom is 0.326 e. The molecule has 0 aromatic rings. The molecule has 168 valence electrons. The number of carbonyl (C=O) groups is 6. The fourth-order valence-corrected chi connectivity index (χ4v) is 2.79. The van der Waals surface area contributed by atoms with Crippen molar-refractivity contribution in [2.45, 2.75) is 63.2 Å². The third-order valence-electron chi connectivity index (χ3n) is 4.43. The number of hydrogen-bond acceptors (Lipinski definition) is 7. The largest absolute Gasteiger partial charge is 0.481 e. The second kappa shape index (κ2) is 11.7. The number of carboxylic acid groups (broad SMARTS) is 2. The van der Waals surface area contributed by atoms with E-state index in [0.29, 0.717) is 13.0 Å². The van der Waals surface area contributed by atoms with Gasteiger partial charge in [-0.15, -0.1) is 0 Å². The lowest BCUT2D eigenvalue weighted by Crippen LogP contribution is -2.57. The number of rotatable bonds is 12. The van der Waals surface area contributed by atoms with Crippen molar-refractivity contribution in [3.63, 3.8) is 0 Å². The van der Waals surface area contributed by atoms with E-state index in [2.05, 4.69) is 21.3 Å². The summed E-state index contributed by atoms with van der Waals surface area (Å²) in [6.07, 6.45) is 0.0534. The second-order valence-corrected chi connectivity index (χ2v) is 6.94. The van der Waals surface area contributed by atoms with E-state index in [4.69, 9.17) is 15.9 Å². The molecule has 4 amide bonds. The highest BCUT2D eigenvalue weighted by atomic mass is 16.4. The van der Waals surface area contributed by atoms with Crippen molar-refractivity contribution in [3.05, 3.63) is 0 Å². The van der Waals surface area contributed by atoms with Gasteiger partial charge in [0.15, 0.2) is 0 Å². The van der Waals surface area contributed by atoms with Crippen molar-refractivity contribution < 1.29 is 39.0 Å². The van der Waals surface area contributed by atoms with Gasteiger partial charge in [0.25, 0.3) is 0 Å². The van der Waals surface area contributed by atoms with Crippen LogP contribution in [-0.4, -0.2) is 76.5 Å². The molecule has 1 saturated heterocycles. The molecular formula is C17H27N5O8. The Kier molecular flexibility index (Phi) is 9.68. The number of aliphatic carboxylic acids is 2. The molecule has 1 rings (SSSR count). The Hall–Kier alpha value is -3.22. The van der Waals surface area contributed by atoms with E-state index < -0.39 is 72.6 Å². The van der Waals surface area contributed by atoms with Gasteiger partial charge in [-0.2, -0.15) is 0 Å². The number of amides is 4. The fraction of sp³-hybridized carbons (Fsp3) is 0.647. The predicted octanol–water partition coefficient (Wildman–Crippen LogP) is -2.96. The van der Waals surface area contributed by atoms with Crippen molar-refractivity contribution >= 4 is 35.6 Å². The Morgan fingerprint density at radius 1 is 1.03 bits per heavy atom. The second-order valence-electron chi connectivity index (χ2n) is 6.94. The van der Waals surface area contributed by atoms with E-state index in [1.54, 1.807) is 0 Å². The molecule has 1 fully saturated rings. The van der Waals surface area contributed by atoms with Crippen LogP contribution in [0.25, 0.3) is 0 Å². The number of carbonyl (C=O) groups excluding carboxylic acids is 4. The van der Waals surface area contributed by atoms with Gasteiger partial charge in [-0.25, -0.2) is 4.79 Å². The van der Waals surface area contributed by atoms with Crippen molar-refractivity contribution in [1.82, 2.24) is 21.3 Å². The van der Waals surface area contributed by atoms with Gasteiger partial charge in [-0.3, -0.25) is 24.0 Å². The summed E-state index contributed by atoms with van der Waals surface area (Å²) < 4.78 is 0. The normalized spacial score (nSPS) is 18.5. The molecule has 13 nitrogen and oxygen atoms in total. The van der Waals surface area contributed by atoms with Gasteiger partial charge in [0.05, 0.1) is 12.5 Å². The SMILES string of the molecule is CC(NC(=O)C(CC(N)=O)NC(=O)C1CCCN1)C(=O)NC(CCC(=O)O)C(=O)O. The molecule has 0 aromatic heterocycles. The summed E-state index contributed by atoms with van der Waals surface area (Å²) in [4.78, 5) is 69.9. The van der Waals surface area contributed by atoms with Gasteiger partial charge in [-0.1, -0.05) is 0 Å². The van der Waals surface area contributed by atoms with Crippen LogP contribution in [-0.2, 0) is 28.8 Å². The number of primary amides is 1. The van der Waals surface area contributed by atoms with Crippen molar-refractivity contribution in [2.24, 2.45) is 5.73 Å². The Labute approximate surface area is 172 Å². The van der Waals surface area contributed by atoms with E-state index in [1.165, 1.54) is 6.92 Å². The van der Waals surface area contributed by atoms with Crippen LogP contribution in [0, 0.1) is 0 Å². The van der Waals surface area contributed by atoms with Crippen LogP contribution in [0.2, 0.25) is 0 Å². The molecule has 4 unspecified atom stereocenters. The standard InChI is InChI=1S/C17H27N5O8/c1-8(14(26)21-10(17(29)30)4-5-13(24)25)20-16(28)11(7-12(18)23)22-15(27)9-3-2-6-19-9/h8-11,19H,2-7H2,1H3,(H2,18,23)(H,20,28)(H,21,26)(H,22,27)(H,24,25)(H,29,30). The number of hydrogen-bond donors (Lipinski definition) is 7. The summed E-state index contributed by atoms with van der Waals surface area (Å²) in [6.45, 7) is 1.92. The van der Waals surface area contributed by atoms with Crippen LogP contribution in [0.5, 0.6) is 0 Å². The Morgan fingerprint density at radius 2 is 1.70 bits per heavy atom. The van der Waals surface area contributed by atoms with Gasteiger partial charge >= 0.3 is 11.9 Å². The van der Waals surface area contributed by atoms with Crippen LogP contribution >= 0.6 is 0 Å². The third kappa shape index (κ3) is 8.43. The molecule has 0 aromatic carbocycles. The summed E-state index contributed by atoms with van der Waals surface area (Å²) in [5.74, 6) is -5.69. The minimum Gasteiger partial charge on any atom is -0.481 e. The van der Waals surface area contributed by atoms with E-state index in [-0.39, 0.29) is 6.42 Å². The highest BCUT2D eigenvalue weighted by Gasteiger charge is 2.30. The molecule has 0 saturated carbocycles. The van der Waals surface area contributed by atoms with Crippen LogP contribution in [0.1, 0.15) is 39.0 Å². The molecular weight excluding hydrogens is 402 g/mol. The molecule has 0 bridgehead atoms. The van der Waals surface area contributed by atoms with Crippen LogP contribution < -0.4 is 27.0 Å². The van der Waals surface area contributed by atoms with Crippen molar-refractivity contribution in [2.75, 3.05) is 6.54 Å². The fourth-order valence-electron chi connectivity index (χ4n) is 2.79. The molecule has 0 radical (unpaired) electrons. The zero-order valence-electron chi connectivity index (χ0n) is 16.5. The lowest BCUT2D eigenvalue weighted by molar-refractivity contribution is -0.143. The molecule has 4 atom stereocenters. The van der Waals surface area contributed by atoms with E-state index in [9.17, 15) is 28.8 Å². The number of nitrogens with one attached hydrogen (secondary N) is 4. The maximum absolute atomic E-state index is 12.5. The first-order valence-electron chi connectivity index (χ1n) is 9.38. The molecule has 0 spiro atoms. The Morgan fingerprint density at radius 3 is 2.20 bits per heavy atom. The van der Waals surface area contributed by atoms with E-state index in [0.717, 1.165) is 6.42 Å². The molecule has 13 heteroatoms. The maximum atomic E-state index is 12.5. The van der Waals surface area contributed by atoms with E-state index in [1.807, 2.05) is 0 Å². The monoisotopic (exact) mass is 429 g/mol. The van der Waals surface area contributed by atoms with Crippen LogP contribution in [0.4, 0.5) is 0 Å². The Bertz CT molecular complexity index is 692. The average molecular weight is 429 g/mol. The highest BCUT2D eigenvalue weighted by Crippen LogP contribution is 2.06. The zero-order valence-corrected chi connectivity index (χ0v) is 16.5. The lowest BCUT2D eigenvalue weighted by atomic mass is 10.1. The Balaban J connectivity index is 2.69. The van der Waals surface area contributed by atoms with Gasteiger partial charge in [0.2, 0.25) is 23.6 Å². The topological polar surface area (TPSA) is 217 Å². The first kappa shape index (κ1) is 24.8. The smallest absolute Gasteiger partial charge is 0.326 e. The van der Waals surface area contributed by atoms with Crippen molar-refractivity contribution in [3.8, 4) is 0 Å². The lowest BCUT2D eigenvalue weighted by Gasteiger charge is -2.22. The molecule has 1 heterocycles. The summed E-state index contributed by atoms with van der Waals surface area (Å²) >= 11 is 0. The molecule has 30 heavy (non-hydrogen) atoms. The first-order chi connectivity index (χ1) is 14.0. The highest BCUT2D eigenvalue weighted by molar-refractivity contribution is 5.96. The van der Waals surface area contributed by atoms with Crippen LogP contribution in [0.3, 0.4) is 0 Å². The zero-order chi connectivity index (χ0) is 22.8. The van der Waals surface area contributed by atoms with Gasteiger partial charge < -0.3 is 37.2 Å². The summed E-state index contributed by atoms with van der Waals surface area (Å²) in [5, 5.41) is 27.5. The molecule has 1 aliphatic heterocycles. The van der Waals surface area contributed by atoms with E-state index >= 15 is 0 Å². The van der Waals surface area contributed by atoms with Crippen molar-refractivity contribution in [1.29, 1.82) is 0 Å². The summed E-state index contributed by atoms with van der Waals surface area (Å²) in [7, 11) is 0. The molecule has 8 N–H and O–H groups in total. The summed E-state index contributed by atoms with van der Waals surface area (Å²) in [6, 6.07) is -4.49. The quantitative estimate of drug-likeness (QED) is 0.168.